The normalized spacial score (nSPS) is 23.1. The summed E-state index contributed by atoms with van der Waals surface area (Å²) in [7, 11) is 1.88. The molecule has 1 aromatic heterocycles. The number of hydrazine groups is 1. The van der Waals surface area contributed by atoms with Crippen LogP contribution < -0.4 is 10.9 Å². The standard InChI is InChI=1S/C23H33N5O/c1-16(2)13-19-14-21(27(3)26-19)23(29)28-11-9-18(10-12-28)22-20(15-24-25-22)17-7-5-4-6-8-17/h4-8,14,16,18,20,22,24-25H,9-13,15H2,1-3H3. The van der Waals surface area contributed by atoms with Gasteiger partial charge in [0.2, 0.25) is 0 Å². The van der Waals surface area contributed by atoms with E-state index in [0.29, 0.717) is 29.5 Å². The van der Waals surface area contributed by atoms with Gasteiger partial charge in [0.05, 0.1) is 5.69 Å². The number of hydrogen-bond acceptors (Lipinski definition) is 4. The highest BCUT2D eigenvalue weighted by atomic mass is 16.2. The summed E-state index contributed by atoms with van der Waals surface area (Å²) in [5, 5.41) is 4.54. The van der Waals surface area contributed by atoms with Crippen molar-refractivity contribution in [3.63, 3.8) is 0 Å². The molecule has 0 spiro atoms. The molecule has 2 N–H and O–H groups in total. The van der Waals surface area contributed by atoms with Crippen molar-refractivity contribution in [2.24, 2.45) is 18.9 Å². The minimum Gasteiger partial charge on any atom is -0.337 e. The van der Waals surface area contributed by atoms with Gasteiger partial charge in [-0.3, -0.25) is 20.3 Å². The molecule has 29 heavy (non-hydrogen) atoms. The maximum atomic E-state index is 13.1. The second-order valence-electron chi connectivity index (χ2n) is 8.94. The Morgan fingerprint density at radius 3 is 2.62 bits per heavy atom. The van der Waals surface area contributed by atoms with Crippen LogP contribution in [0.4, 0.5) is 0 Å². The number of rotatable bonds is 5. The molecule has 2 fully saturated rings. The Kier molecular flexibility index (Phi) is 6.01. The second kappa shape index (κ2) is 8.67. The fraction of sp³-hybridized carbons (Fsp3) is 0.565. The van der Waals surface area contributed by atoms with Crippen molar-refractivity contribution in [3.8, 4) is 0 Å². The molecule has 2 aromatic rings. The highest BCUT2D eigenvalue weighted by molar-refractivity contribution is 5.92. The van der Waals surface area contributed by atoms with E-state index in [1.54, 1.807) is 4.68 Å². The zero-order valence-corrected chi connectivity index (χ0v) is 17.8. The van der Waals surface area contributed by atoms with Crippen LogP contribution in [-0.4, -0.2) is 46.3 Å². The van der Waals surface area contributed by atoms with Crippen molar-refractivity contribution in [1.29, 1.82) is 0 Å². The molecule has 0 saturated carbocycles. The molecule has 1 aromatic carbocycles. The molecule has 0 radical (unpaired) electrons. The SMILES string of the molecule is CC(C)Cc1cc(C(=O)N2CCC(C3NNCC3c3ccccc3)CC2)n(C)n1. The summed E-state index contributed by atoms with van der Waals surface area (Å²) in [4.78, 5) is 15.1. The van der Waals surface area contributed by atoms with E-state index in [0.717, 1.165) is 44.6 Å². The van der Waals surface area contributed by atoms with Gasteiger partial charge in [0, 0.05) is 38.6 Å². The van der Waals surface area contributed by atoms with Crippen molar-refractivity contribution in [2.75, 3.05) is 19.6 Å². The number of carbonyl (C=O) groups is 1. The first-order valence-corrected chi connectivity index (χ1v) is 10.9. The highest BCUT2D eigenvalue weighted by Crippen LogP contribution is 2.32. The number of nitrogens with one attached hydrogen (secondary N) is 2. The summed E-state index contributed by atoms with van der Waals surface area (Å²) in [5.74, 6) is 1.71. The van der Waals surface area contributed by atoms with Crippen molar-refractivity contribution >= 4 is 5.91 Å². The number of carbonyl (C=O) groups excluding carboxylic acids is 1. The van der Waals surface area contributed by atoms with E-state index in [9.17, 15) is 4.79 Å². The summed E-state index contributed by atoms with van der Waals surface area (Å²) in [6, 6.07) is 13.2. The van der Waals surface area contributed by atoms with Gasteiger partial charge in [-0.15, -0.1) is 0 Å². The van der Waals surface area contributed by atoms with Gasteiger partial charge in [-0.25, -0.2) is 0 Å². The Morgan fingerprint density at radius 1 is 1.21 bits per heavy atom. The summed E-state index contributed by atoms with van der Waals surface area (Å²) in [6.07, 6.45) is 2.97. The van der Waals surface area contributed by atoms with Gasteiger partial charge in [-0.1, -0.05) is 44.2 Å². The van der Waals surface area contributed by atoms with Gasteiger partial charge in [0.15, 0.2) is 0 Å². The topological polar surface area (TPSA) is 62.2 Å². The predicted molar refractivity (Wildman–Crippen MR) is 114 cm³/mol. The van der Waals surface area contributed by atoms with Crippen LogP contribution in [-0.2, 0) is 13.5 Å². The third-order valence-corrected chi connectivity index (χ3v) is 6.35. The summed E-state index contributed by atoms with van der Waals surface area (Å²) in [6.45, 7) is 6.94. The molecule has 0 bridgehead atoms. The largest absolute Gasteiger partial charge is 0.337 e. The average Bonchev–Trinajstić information content (AvgIpc) is 3.34. The molecule has 6 nitrogen and oxygen atoms in total. The van der Waals surface area contributed by atoms with Crippen molar-refractivity contribution in [2.45, 2.75) is 45.1 Å². The summed E-state index contributed by atoms with van der Waals surface area (Å²) in [5.41, 5.74) is 9.98. The van der Waals surface area contributed by atoms with Crippen LogP contribution in [0.2, 0.25) is 0 Å². The zero-order chi connectivity index (χ0) is 20.4. The van der Waals surface area contributed by atoms with Crippen LogP contribution in [0.15, 0.2) is 36.4 Å². The average molecular weight is 396 g/mol. The van der Waals surface area contributed by atoms with Crippen molar-refractivity contribution in [3.05, 3.63) is 53.3 Å². The highest BCUT2D eigenvalue weighted by Gasteiger charge is 2.37. The molecule has 2 atom stereocenters. The molecule has 2 aliphatic heterocycles. The number of benzene rings is 1. The van der Waals surface area contributed by atoms with Crippen LogP contribution >= 0.6 is 0 Å². The lowest BCUT2D eigenvalue weighted by Crippen LogP contribution is -2.46. The van der Waals surface area contributed by atoms with E-state index in [1.807, 2.05) is 18.0 Å². The van der Waals surface area contributed by atoms with Crippen LogP contribution in [0.5, 0.6) is 0 Å². The quantitative estimate of drug-likeness (QED) is 0.817. The van der Waals surface area contributed by atoms with Gasteiger partial charge < -0.3 is 4.90 Å². The molecular weight excluding hydrogens is 362 g/mol. The maximum absolute atomic E-state index is 13.1. The van der Waals surface area contributed by atoms with Gasteiger partial charge in [-0.2, -0.15) is 5.10 Å². The number of nitrogens with zero attached hydrogens (tertiary/aromatic N) is 3. The third kappa shape index (κ3) is 4.38. The Morgan fingerprint density at radius 2 is 1.93 bits per heavy atom. The molecule has 4 rings (SSSR count). The lowest BCUT2D eigenvalue weighted by molar-refractivity contribution is 0.0659. The lowest BCUT2D eigenvalue weighted by Gasteiger charge is -2.36. The van der Waals surface area contributed by atoms with Gasteiger partial charge in [-0.05, 0) is 42.7 Å². The van der Waals surface area contributed by atoms with E-state index in [-0.39, 0.29) is 5.91 Å². The lowest BCUT2D eigenvalue weighted by atomic mass is 9.80. The first-order valence-electron chi connectivity index (χ1n) is 10.9. The Bertz CT molecular complexity index is 823. The Balaban J connectivity index is 1.38. The first kappa shape index (κ1) is 20.1. The molecule has 2 aliphatic rings. The van der Waals surface area contributed by atoms with Crippen LogP contribution in [0.1, 0.15) is 54.4 Å². The first-order chi connectivity index (χ1) is 14.0. The number of amides is 1. The number of hydrogen-bond donors (Lipinski definition) is 2. The van der Waals surface area contributed by atoms with Crippen LogP contribution in [0.25, 0.3) is 0 Å². The molecule has 3 heterocycles. The molecule has 2 saturated heterocycles. The molecular formula is C23H33N5O. The summed E-state index contributed by atoms with van der Waals surface area (Å²) >= 11 is 0. The van der Waals surface area contributed by atoms with Crippen molar-refractivity contribution in [1.82, 2.24) is 25.5 Å². The maximum Gasteiger partial charge on any atom is 0.272 e. The number of piperidine rings is 1. The smallest absolute Gasteiger partial charge is 0.272 e. The van der Waals surface area contributed by atoms with Crippen LogP contribution in [0, 0.1) is 11.8 Å². The second-order valence-corrected chi connectivity index (χ2v) is 8.94. The van der Waals surface area contributed by atoms with E-state index in [1.165, 1.54) is 5.56 Å². The molecule has 6 heteroatoms. The number of aromatic nitrogens is 2. The Hall–Kier alpha value is -2.18. The minimum absolute atomic E-state index is 0.116. The van der Waals surface area contributed by atoms with Gasteiger partial charge in [0.25, 0.3) is 5.91 Å². The fourth-order valence-electron chi connectivity index (χ4n) is 4.85. The summed E-state index contributed by atoms with van der Waals surface area (Å²) < 4.78 is 1.75. The van der Waals surface area contributed by atoms with Gasteiger partial charge in [0.1, 0.15) is 5.69 Å². The van der Waals surface area contributed by atoms with E-state index in [4.69, 9.17) is 0 Å². The van der Waals surface area contributed by atoms with E-state index < -0.39 is 0 Å². The Labute approximate surface area is 173 Å². The number of likely N-dealkylation sites (tertiary alicyclic amines) is 1. The molecule has 156 valence electrons. The fourth-order valence-corrected chi connectivity index (χ4v) is 4.85. The van der Waals surface area contributed by atoms with Gasteiger partial charge >= 0.3 is 0 Å². The molecule has 2 unspecified atom stereocenters. The van der Waals surface area contributed by atoms with E-state index in [2.05, 4.69) is 60.1 Å². The minimum atomic E-state index is 0.116. The van der Waals surface area contributed by atoms with Crippen LogP contribution in [0.3, 0.4) is 0 Å². The van der Waals surface area contributed by atoms with Crippen molar-refractivity contribution < 1.29 is 4.79 Å². The van der Waals surface area contributed by atoms with E-state index >= 15 is 0 Å². The monoisotopic (exact) mass is 395 g/mol. The molecule has 1 amide bonds. The molecule has 0 aliphatic carbocycles. The number of aryl methyl sites for hydroxylation is 1. The predicted octanol–water partition coefficient (Wildman–Crippen LogP) is 2.73. The third-order valence-electron chi connectivity index (χ3n) is 6.35. The zero-order valence-electron chi connectivity index (χ0n) is 17.8.